The zero-order valence-electron chi connectivity index (χ0n) is 17.5. The van der Waals surface area contributed by atoms with Crippen molar-refractivity contribution >= 4 is 51.7 Å². The van der Waals surface area contributed by atoms with Crippen molar-refractivity contribution in [1.29, 1.82) is 0 Å². The summed E-state index contributed by atoms with van der Waals surface area (Å²) in [6, 6.07) is 24.3. The third-order valence-corrected chi connectivity index (χ3v) is 7.63. The van der Waals surface area contributed by atoms with E-state index in [1.165, 1.54) is 17.3 Å². The summed E-state index contributed by atoms with van der Waals surface area (Å²) in [5, 5.41) is 1.62. The van der Waals surface area contributed by atoms with Crippen molar-refractivity contribution in [3.05, 3.63) is 93.9 Å². The molecule has 2 aliphatic heterocycles. The molecule has 1 amide bonds. The van der Waals surface area contributed by atoms with E-state index in [0.717, 1.165) is 32.6 Å². The Morgan fingerprint density at radius 1 is 0.839 bits per heavy atom. The lowest BCUT2D eigenvalue weighted by atomic mass is 10.2. The van der Waals surface area contributed by atoms with Gasteiger partial charge in [-0.25, -0.2) is 4.99 Å². The molecule has 2 aliphatic rings. The third-order valence-electron chi connectivity index (χ3n) is 5.23. The molecule has 1 fully saturated rings. The van der Waals surface area contributed by atoms with E-state index in [0.29, 0.717) is 10.1 Å². The molecule has 6 heteroatoms. The number of anilines is 2. The fourth-order valence-electron chi connectivity index (χ4n) is 3.60. The number of fused-ring (bicyclic) bond motifs is 1. The Labute approximate surface area is 190 Å². The molecular formula is C25H21N3OS2. The number of hydrogen-bond donors (Lipinski definition) is 0. The lowest BCUT2D eigenvalue weighted by Gasteiger charge is -2.17. The van der Waals surface area contributed by atoms with Gasteiger partial charge in [-0.2, -0.15) is 0 Å². The number of aryl methyl sites for hydroxylation is 2. The highest BCUT2D eigenvalue weighted by Gasteiger charge is 2.40. The molecule has 0 aliphatic carbocycles. The van der Waals surface area contributed by atoms with E-state index >= 15 is 0 Å². The smallest absolute Gasteiger partial charge is 0.274 e. The average Bonchev–Trinajstić information content (AvgIpc) is 3.26. The summed E-state index contributed by atoms with van der Waals surface area (Å²) < 4.78 is 0. The molecule has 1 saturated heterocycles. The van der Waals surface area contributed by atoms with Crippen LogP contribution < -0.4 is 9.80 Å². The van der Waals surface area contributed by atoms with E-state index in [-0.39, 0.29) is 5.91 Å². The second-order valence-electron chi connectivity index (χ2n) is 7.57. The molecule has 2 heterocycles. The van der Waals surface area contributed by atoms with Gasteiger partial charge in [-0.1, -0.05) is 53.7 Å². The van der Waals surface area contributed by atoms with Crippen LogP contribution in [0.2, 0.25) is 0 Å². The van der Waals surface area contributed by atoms with Crippen LogP contribution in [0.15, 0.2) is 92.6 Å². The van der Waals surface area contributed by atoms with Crippen LogP contribution in [0, 0.1) is 13.8 Å². The minimum Gasteiger partial charge on any atom is -0.337 e. The number of para-hydroxylation sites is 1. The molecular weight excluding hydrogens is 422 g/mol. The van der Waals surface area contributed by atoms with Crippen LogP contribution in [0.25, 0.3) is 0 Å². The standard InChI is InChI=1S/C25H21N3OS2/c1-16-11-13-18(14-12-16)26-25-28(19-8-6-7-17(2)15-19)23(29)22(31-25)24-27(3)20-9-4-5-10-21(20)30-24/h4-15H,1-3H3. The zero-order chi connectivity index (χ0) is 21.5. The summed E-state index contributed by atoms with van der Waals surface area (Å²) >= 11 is 3.08. The quantitative estimate of drug-likeness (QED) is 0.425. The average molecular weight is 444 g/mol. The number of benzene rings is 3. The zero-order valence-corrected chi connectivity index (χ0v) is 19.1. The molecule has 4 nitrogen and oxygen atoms in total. The Bertz CT molecular complexity index is 1250. The van der Waals surface area contributed by atoms with Gasteiger partial charge < -0.3 is 4.90 Å². The fraction of sp³-hybridized carbons (Fsp3) is 0.120. The first kappa shape index (κ1) is 20.0. The van der Waals surface area contributed by atoms with Crippen LogP contribution in [0.3, 0.4) is 0 Å². The van der Waals surface area contributed by atoms with Crippen LogP contribution in [-0.4, -0.2) is 18.1 Å². The SMILES string of the molecule is Cc1ccc(N=C2SC(=C3Sc4ccccc4N3C)C(=O)N2c2cccc(C)c2)cc1. The fourth-order valence-corrected chi connectivity index (χ4v) is 5.95. The van der Waals surface area contributed by atoms with Crippen LogP contribution in [0.5, 0.6) is 0 Å². The number of amides is 1. The number of aliphatic imine (C=N–C) groups is 1. The highest BCUT2D eigenvalue weighted by atomic mass is 32.2. The maximum Gasteiger partial charge on any atom is 0.274 e. The van der Waals surface area contributed by atoms with Gasteiger partial charge in [0.1, 0.15) is 4.91 Å². The monoisotopic (exact) mass is 443 g/mol. The first-order valence-corrected chi connectivity index (χ1v) is 11.6. The number of amidine groups is 1. The molecule has 0 spiro atoms. The molecule has 3 aromatic rings. The molecule has 0 N–H and O–H groups in total. The topological polar surface area (TPSA) is 35.9 Å². The number of nitrogens with zero attached hydrogens (tertiary/aromatic N) is 3. The van der Waals surface area contributed by atoms with Crippen molar-refractivity contribution in [2.75, 3.05) is 16.8 Å². The largest absolute Gasteiger partial charge is 0.337 e. The molecule has 31 heavy (non-hydrogen) atoms. The Morgan fingerprint density at radius 3 is 2.35 bits per heavy atom. The molecule has 0 aromatic heterocycles. The molecule has 0 atom stereocenters. The molecule has 0 radical (unpaired) electrons. The maximum absolute atomic E-state index is 13.7. The lowest BCUT2D eigenvalue weighted by molar-refractivity contribution is -0.113. The van der Waals surface area contributed by atoms with Gasteiger partial charge in [0.15, 0.2) is 5.17 Å². The van der Waals surface area contributed by atoms with E-state index in [2.05, 4.69) is 24.0 Å². The van der Waals surface area contributed by atoms with Gasteiger partial charge in [0.2, 0.25) is 0 Å². The number of hydrogen-bond acceptors (Lipinski definition) is 5. The maximum atomic E-state index is 13.7. The second-order valence-corrected chi connectivity index (χ2v) is 9.58. The van der Waals surface area contributed by atoms with Crippen LogP contribution in [0.4, 0.5) is 17.1 Å². The van der Waals surface area contributed by atoms with Crippen LogP contribution in [0.1, 0.15) is 11.1 Å². The predicted molar refractivity (Wildman–Crippen MR) is 132 cm³/mol. The van der Waals surface area contributed by atoms with Gasteiger partial charge in [-0.05, 0) is 67.6 Å². The Morgan fingerprint density at radius 2 is 1.61 bits per heavy atom. The van der Waals surface area contributed by atoms with Crippen LogP contribution in [-0.2, 0) is 4.79 Å². The van der Waals surface area contributed by atoms with E-state index in [4.69, 9.17) is 4.99 Å². The van der Waals surface area contributed by atoms with Crippen molar-refractivity contribution in [3.63, 3.8) is 0 Å². The van der Waals surface area contributed by atoms with Crippen molar-refractivity contribution in [1.82, 2.24) is 0 Å². The highest BCUT2D eigenvalue weighted by Crippen LogP contribution is 2.50. The predicted octanol–water partition coefficient (Wildman–Crippen LogP) is 6.48. The van der Waals surface area contributed by atoms with E-state index in [9.17, 15) is 4.79 Å². The van der Waals surface area contributed by atoms with E-state index in [1.54, 1.807) is 16.7 Å². The summed E-state index contributed by atoms with van der Waals surface area (Å²) in [5.41, 5.74) is 5.07. The van der Waals surface area contributed by atoms with Gasteiger partial charge in [0.25, 0.3) is 5.91 Å². The lowest BCUT2D eigenvalue weighted by Crippen LogP contribution is -2.29. The van der Waals surface area contributed by atoms with E-state index < -0.39 is 0 Å². The molecule has 3 aromatic carbocycles. The van der Waals surface area contributed by atoms with Gasteiger partial charge in [0, 0.05) is 11.9 Å². The number of carbonyl (C=O) groups excluding carboxylic acids is 1. The minimum absolute atomic E-state index is 0.0383. The summed E-state index contributed by atoms with van der Waals surface area (Å²) in [6.45, 7) is 4.09. The van der Waals surface area contributed by atoms with Crippen LogP contribution >= 0.6 is 23.5 Å². The number of thioether (sulfide) groups is 2. The summed E-state index contributed by atoms with van der Waals surface area (Å²) in [4.78, 5) is 24.2. The van der Waals surface area contributed by atoms with Gasteiger partial charge in [-0.15, -0.1) is 0 Å². The highest BCUT2D eigenvalue weighted by molar-refractivity contribution is 8.20. The van der Waals surface area contributed by atoms with Crippen molar-refractivity contribution in [2.24, 2.45) is 4.99 Å². The van der Waals surface area contributed by atoms with Crippen molar-refractivity contribution in [2.45, 2.75) is 18.7 Å². The molecule has 0 unspecified atom stereocenters. The molecule has 154 valence electrons. The molecule has 0 bridgehead atoms. The van der Waals surface area contributed by atoms with Gasteiger partial charge in [-0.3, -0.25) is 9.69 Å². The normalized spacial score (nSPS) is 19.5. The molecule has 0 saturated carbocycles. The van der Waals surface area contributed by atoms with Crippen molar-refractivity contribution in [3.8, 4) is 0 Å². The first-order chi connectivity index (χ1) is 15.0. The van der Waals surface area contributed by atoms with Gasteiger partial charge >= 0.3 is 0 Å². The van der Waals surface area contributed by atoms with Crippen molar-refractivity contribution < 1.29 is 4.79 Å². The minimum atomic E-state index is -0.0383. The number of carbonyl (C=O) groups is 1. The van der Waals surface area contributed by atoms with E-state index in [1.807, 2.05) is 74.6 Å². The summed E-state index contributed by atoms with van der Waals surface area (Å²) in [7, 11) is 2.02. The molecule has 5 rings (SSSR count). The summed E-state index contributed by atoms with van der Waals surface area (Å²) in [5.74, 6) is -0.0383. The third kappa shape index (κ3) is 3.66. The Balaban J connectivity index is 1.62. The Hall–Kier alpha value is -2.96. The van der Waals surface area contributed by atoms with Gasteiger partial charge in [0.05, 0.1) is 22.1 Å². The first-order valence-electron chi connectivity index (χ1n) is 10.0. The summed E-state index contributed by atoms with van der Waals surface area (Å²) in [6.07, 6.45) is 0. The second kappa shape index (κ2) is 7.94. The Kier molecular flexibility index (Phi) is 5.12. The number of rotatable bonds is 2.